The van der Waals surface area contributed by atoms with Gasteiger partial charge in [-0.05, 0) is 36.6 Å². The Kier molecular flexibility index (Phi) is 2.18. The third-order valence-electron chi connectivity index (χ3n) is 3.03. The second kappa shape index (κ2) is 3.70. The number of hydrogen-bond acceptors (Lipinski definition) is 3. The van der Waals surface area contributed by atoms with Crippen LogP contribution in [0.25, 0.3) is 22.4 Å². The third-order valence-corrected chi connectivity index (χ3v) is 3.03. The second-order valence-electron chi connectivity index (χ2n) is 4.20. The minimum Gasteiger partial charge on any atom is -0.442 e. The van der Waals surface area contributed by atoms with Gasteiger partial charge in [-0.3, -0.25) is 0 Å². The van der Waals surface area contributed by atoms with Crippen LogP contribution < -0.4 is 0 Å². The van der Waals surface area contributed by atoms with E-state index >= 15 is 0 Å². The van der Waals surface area contributed by atoms with Crippen LogP contribution in [0, 0.1) is 13.8 Å². The summed E-state index contributed by atoms with van der Waals surface area (Å²) in [5, 5.41) is 0. The van der Waals surface area contributed by atoms with Gasteiger partial charge in [0, 0.05) is 11.8 Å². The summed E-state index contributed by atoms with van der Waals surface area (Å²) in [5.74, 6) is 0. The summed E-state index contributed by atoms with van der Waals surface area (Å²) in [6, 6.07) is 8.35. The van der Waals surface area contributed by atoms with E-state index < -0.39 is 0 Å². The van der Waals surface area contributed by atoms with E-state index in [4.69, 9.17) is 4.42 Å². The van der Waals surface area contributed by atoms with Crippen molar-refractivity contribution < 1.29 is 4.42 Å². The summed E-state index contributed by atoms with van der Waals surface area (Å²) < 4.78 is 5.26. The number of nitrogens with zero attached hydrogens (tertiary/aromatic N) is 2. The fraction of sp³-hybridized carbons (Fsp3) is 0.143. The highest BCUT2D eigenvalue weighted by Crippen LogP contribution is 2.24. The highest BCUT2D eigenvalue weighted by atomic mass is 16.3. The third kappa shape index (κ3) is 1.69. The van der Waals surface area contributed by atoms with Crippen molar-refractivity contribution in [2.75, 3.05) is 0 Å². The molecular weight excluding hydrogens is 212 g/mol. The molecular formula is C14H12N2O. The Labute approximate surface area is 99.1 Å². The Bertz CT molecular complexity index is 686. The normalized spacial score (nSPS) is 10.9. The molecule has 0 radical (unpaired) electrons. The van der Waals surface area contributed by atoms with Crippen LogP contribution in [0.15, 0.2) is 41.3 Å². The summed E-state index contributed by atoms with van der Waals surface area (Å²) in [7, 11) is 0. The number of benzene rings is 1. The van der Waals surface area contributed by atoms with Gasteiger partial charge in [0.2, 0.25) is 0 Å². The predicted molar refractivity (Wildman–Crippen MR) is 66.7 cm³/mol. The lowest BCUT2D eigenvalue weighted by molar-refractivity contribution is 0.602. The highest BCUT2D eigenvalue weighted by molar-refractivity contribution is 5.76. The first-order chi connectivity index (χ1) is 8.24. The molecule has 0 N–H and O–H groups in total. The van der Waals surface area contributed by atoms with E-state index in [1.165, 1.54) is 17.5 Å². The minimum absolute atomic E-state index is 0.651. The maximum atomic E-state index is 5.26. The zero-order chi connectivity index (χ0) is 11.8. The van der Waals surface area contributed by atoms with Crippen molar-refractivity contribution >= 4 is 11.2 Å². The number of fused-ring (bicyclic) bond motifs is 1. The van der Waals surface area contributed by atoms with Gasteiger partial charge in [0.05, 0.1) is 0 Å². The molecule has 0 bridgehead atoms. The van der Waals surface area contributed by atoms with Gasteiger partial charge in [-0.25, -0.2) is 4.98 Å². The van der Waals surface area contributed by atoms with Crippen LogP contribution in [-0.4, -0.2) is 9.97 Å². The zero-order valence-corrected chi connectivity index (χ0v) is 9.77. The maximum absolute atomic E-state index is 5.26. The van der Waals surface area contributed by atoms with Gasteiger partial charge in [0.25, 0.3) is 0 Å². The van der Waals surface area contributed by atoms with Crippen molar-refractivity contribution in [3.63, 3.8) is 0 Å². The van der Waals surface area contributed by atoms with E-state index in [-0.39, 0.29) is 0 Å². The molecule has 0 unspecified atom stereocenters. The summed E-state index contributed by atoms with van der Waals surface area (Å²) in [5.41, 5.74) is 6.15. The number of oxazole rings is 1. The van der Waals surface area contributed by atoms with E-state index in [2.05, 4.69) is 42.0 Å². The molecule has 17 heavy (non-hydrogen) atoms. The van der Waals surface area contributed by atoms with E-state index in [1.807, 2.05) is 12.3 Å². The lowest BCUT2D eigenvalue weighted by Crippen LogP contribution is -1.85. The first-order valence-corrected chi connectivity index (χ1v) is 5.51. The topological polar surface area (TPSA) is 38.9 Å². The largest absolute Gasteiger partial charge is 0.442 e. The molecule has 3 aromatic rings. The maximum Gasteiger partial charge on any atom is 0.198 e. The Morgan fingerprint density at radius 2 is 1.82 bits per heavy atom. The Balaban J connectivity index is 2.16. The fourth-order valence-electron chi connectivity index (χ4n) is 1.83. The molecule has 0 fully saturated rings. The van der Waals surface area contributed by atoms with Crippen LogP contribution in [0.5, 0.6) is 0 Å². The minimum atomic E-state index is 0.651. The molecule has 0 saturated heterocycles. The molecule has 2 aromatic heterocycles. The molecule has 0 spiro atoms. The molecule has 2 heterocycles. The van der Waals surface area contributed by atoms with Crippen molar-refractivity contribution in [1.82, 2.24) is 9.97 Å². The fourth-order valence-corrected chi connectivity index (χ4v) is 1.83. The van der Waals surface area contributed by atoms with Crippen molar-refractivity contribution in [1.29, 1.82) is 0 Å². The van der Waals surface area contributed by atoms with Gasteiger partial charge in [-0.15, -0.1) is 0 Å². The van der Waals surface area contributed by atoms with Gasteiger partial charge in [-0.2, -0.15) is 4.98 Å². The van der Waals surface area contributed by atoms with Crippen LogP contribution >= 0.6 is 0 Å². The number of aromatic nitrogens is 2. The van der Waals surface area contributed by atoms with Crippen molar-refractivity contribution in [3.05, 3.63) is 48.0 Å². The van der Waals surface area contributed by atoms with Gasteiger partial charge < -0.3 is 4.42 Å². The molecule has 3 nitrogen and oxygen atoms in total. The standard InChI is InChI=1S/C14H12N2O/c1-9-3-4-11(5-10(9)2)12-6-13-14(15-7-12)16-8-17-13/h3-8H,1-2H3. The number of hydrogen-bond donors (Lipinski definition) is 0. The molecule has 1 aromatic carbocycles. The summed E-state index contributed by atoms with van der Waals surface area (Å²) in [6.07, 6.45) is 3.25. The highest BCUT2D eigenvalue weighted by Gasteiger charge is 2.04. The monoisotopic (exact) mass is 224 g/mol. The van der Waals surface area contributed by atoms with Gasteiger partial charge in [0.1, 0.15) is 0 Å². The number of rotatable bonds is 1. The average molecular weight is 224 g/mol. The number of aryl methyl sites for hydroxylation is 2. The van der Waals surface area contributed by atoms with E-state index in [9.17, 15) is 0 Å². The van der Waals surface area contributed by atoms with Crippen molar-refractivity contribution in [2.24, 2.45) is 0 Å². The SMILES string of the molecule is Cc1ccc(-c2cnc3ncoc3c2)cc1C. The Morgan fingerprint density at radius 3 is 2.65 bits per heavy atom. The van der Waals surface area contributed by atoms with Gasteiger partial charge in [-0.1, -0.05) is 18.2 Å². The number of pyridine rings is 1. The summed E-state index contributed by atoms with van der Waals surface area (Å²) in [4.78, 5) is 8.27. The van der Waals surface area contributed by atoms with Crippen LogP contribution in [0.1, 0.15) is 11.1 Å². The lowest BCUT2D eigenvalue weighted by Gasteiger charge is -2.04. The first kappa shape index (κ1) is 10.0. The molecule has 0 saturated carbocycles. The van der Waals surface area contributed by atoms with Crippen molar-refractivity contribution in [2.45, 2.75) is 13.8 Å². The molecule has 0 amide bonds. The molecule has 84 valence electrons. The Hall–Kier alpha value is -2.16. The molecule has 0 atom stereocenters. The van der Waals surface area contributed by atoms with Crippen LogP contribution in [0.2, 0.25) is 0 Å². The van der Waals surface area contributed by atoms with Gasteiger partial charge >= 0.3 is 0 Å². The Morgan fingerprint density at radius 1 is 0.941 bits per heavy atom. The van der Waals surface area contributed by atoms with Gasteiger partial charge in [0.15, 0.2) is 17.6 Å². The molecule has 3 heteroatoms. The van der Waals surface area contributed by atoms with E-state index in [1.54, 1.807) is 0 Å². The first-order valence-electron chi connectivity index (χ1n) is 5.51. The predicted octanol–water partition coefficient (Wildman–Crippen LogP) is 3.51. The molecule has 0 aliphatic rings. The van der Waals surface area contributed by atoms with E-state index in [0.29, 0.717) is 5.65 Å². The van der Waals surface area contributed by atoms with Crippen molar-refractivity contribution in [3.8, 4) is 11.1 Å². The lowest BCUT2D eigenvalue weighted by atomic mass is 10.0. The summed E-state index contributed by atoms with van der Waals surface area (Å²) in [6.45, 7) is 4.22. The van der Waals surface area contributed by atoms with Crippen LogP contribution in [-0.2, 0) is 0 Å². The van der Waals surface area contributed by atoms with Crippen LogP contribution in [0.4, 0.5) is 0 Å². The summed E-state index contributed by atoms with van der Waals surface area (Å²) >= 11 is 0. The average Bonchev–Trinajstić information content (AvgIpc) is 2.79. The molecule has 0 aliphatic carbocycles. The molecule has 3 rings (SSSR count). The quantitative estimate of drug-likeness (QED) is 0.635. The van der Waals surface area contributed by atoms with Crippen LogP contribution in [0.3, 0.4) is 0 Å². The molecule has 0 aliphatic heterocycles. The van der Waals surface area contributed by atoms with E-state index in [0.717, 1.165) is 16.7 Å². The second-order valence-corrected chi connectivity index (χ2v) is 4.20. The zero-order valence-electron chi connectivity index (χ0n) is 9.77. The smallest absolute Gasteiger partial charge is 0.198 e.